The fraction of sp³-hybridized carbons (Fsp3) is 0.222. The number of anilines is 2. The zero-order valence-corrected chi connectivity index (χ0v) is 19.1. The maximum Gasteiger partial charge on any atom is 0.337 e. The van der Waals surface area contributed by atoms with Crippen molar-refractivity contribution in [3.63, 3.8) is 0 Å². The molecule has 1 aliphatic rings. The zero-order valence-electron chi connectivity index (χ0n) is 19.1. The van der Waals surface area contributed by atoms with Gasteiger partial charge in [0.15, 0.2) is 0 Å². The summed E-state index contributed by atoms with van der Waals surface area (Å²) in [7, 11) is 1.34. The van der Waals surface area contributed by atoms with E-state index in [0.29, 0.717) is 17.9 Å². The summed E-state index contributed by atoms with van der Waals surface area (Å²) in [5.41, 5.74) is 3.61. The second-order valence-corrected chi connectivity index (χ2v) is 7.92. The van der Waals surface area contributed by atoms with Crippen LogP contribution in [0.3, 0.4) is 0 Å². The van der Waals surface area contributed by atoms with Crippen molar-refractivity contribution in [3.8, 4) is 5.75 Å². The summed E-state index contributed by atoms with van der Waals surface area (Å²) in [6.07, 6.45) is 7.15. The van der Waals surface area contributed by atoms with Crippen molar-refractivity contribution in [3.05, 3.63) is 89.8 Å². The highest BCUT2D eigenvalue weighted by atomic mass is 16.5. The minimum absolute atomic E-state index is 0.280. The molecule has 0 saturated carbocycles. The number of methoxy groups -OCH3 is 1. The lowest BCUT2D eigenvalue weighted by Gasteiger charge is -2.22. The van der Waals surface area contributed by atoms with Crippen LogP contribution in [0.2, 0.25) is 0 Å². The Morgan fingerprint density at radius 3 is 2.56 bits per heavy atom. The molecule has 7 nitrogen and oxygen atoms in total. The van der Waals surface area contributed by atoms with Gasteiger partial charge in [-0.05, 0) is 66.9 Å². The highest BCUT2D eigenvalue weighted by Crippen LogP contribution is 2.30. The quantitative estimate of drug-likeness (QED) is 0.390. The standard InChI is InChI=1S/C27H27N3O4/c1-33-27(32)21-10-13-25(30-16-4-5-17-30)24(18-21)29-26(31)14-9-20-7-11-23(12-8-20)34-19-22-6-2-3-15-28-22/h2-3,6-15,18H,4-5,16-17,19H2,1H3,(H,29,31)/b14-9+. The summed E-state index contributed by atoms with van der Waals surface area (Å²) in [5, 5.41) is 2.92. The number of aromatic nitrogens is 1. The first-order valence-electron chi connectivity index (χ1n) is 11.2. The van der Waals surface area contributed by atoms with Gasteiger partial charge in [-0.2, -0.15) is 0 Å². The van der Waals surface area contributed by atoms with Gasteiger partial charge >= 0.3 is 5.97 Å². The lowest BCUT2D eigenvalue weighted by molar-refractivity contribution is -0.111. The van der Waals surface area contributed by atoms with E-state index in [9.17, 15) is 9.59 Å². The number of benzene rings is 2. The molecule has 0 spiro atoms. The van der Waals surface area contributed by atoms with E-state index in [1.54, 1.807) is 24.4 Å². The second kappa shape index (κ2) is 11.1. The van der Waals surface area contributed by atoms with Crippen molar-refractivity contribution in [2.24, 2.45) is 0 Å². The maximum atomic E-state index is 12.7. The van der Waals surface area contributed by atoms with E-state index < -0.39 is 5.97 Å². The van der Waals surface area contributed by atoms with Crippen LogP contribution in [0.15, 0.2) is 72.9 Å². The van der Waals surface area contributed by atoms with Crippen LogP contribution in [-0.2, 0) is 16.1 Å². The van der Waals surface area contributed by atoms with Gasteiger partial charge in [-0.3, -0.25) is 9.78 Å². The van der Waals surface area contributed by atoms with Crippen LogP contribution < -0.4 is 15.0 Å². The van der Waals surface area contributed by atoms with Crippen molar-refractivity contribution in [2.45, 2.75) is 19.4 Å². The summed E-state index contributed by atoms with van der Waals surface area (Å²) < 4.78 is 10.6. The number of nitrogens with zero attached hydrogens (tertiary/aromatic N) is 2. The van der Waals surface area contributed by atoms with E-state index in [1.807, 2.05) is 48.5 Å². The largest absolute Gasteiger partial charge is 0.487 e. The summed E-state index contributed by atoms with van der Waals surface area (Å²) in [4.78, 5) is 31.1. The van der Waals surface area contributed by atoms with Crippen LogP contribution >= 0.6 is 0 Å². The lowest BCUT2D eigenvalue weighted by Crippen LogP contribution is -2.21. The molecule has 174 valence electrons. The Morgan fingerprint density at radius 1 is 1.06 bits per heavy atom. The van der Waals surface area contributed by atoms with Crippen LogP contribution in [0.4, 0.5) is 11.4 Å². The highest BCUT2D eigenvalue weighted by molar-refractivity contribution is 6.05. The molecule has 0 aliphatic carbocycles. The number of carbonyl (C=O) groups is 2. The van der Waals surface area contributed by atoms with Gasteiger partial charge in [0.2, 0.25) is 5.91 Å². The van der Waals surface area contributed by atoms with Gasteiger partial charge in [-0.1, -0.05) is 18.2 Å². The summed E-state index contributed by atoms with van der Waals surface area (Å²) >= 11 is 0. The molecule has 2 aromatic carbocycles. The molecule has 1 amide bonds. The van der Waals surface area contributed by atoms with Gasteiger partial charge in [0.1, 0.15) is 12.4 Å². The van der Waals surface area contributed by atoms with Crippen LogP contribution in [0.5, 0.6) is 5.75 Å². The predicted octanol–water partition coefficient (Wildman–Crippen LogP) is 4.70. The lowest BCUT2D eigenvalue weighted by atomic mass is 10.1. The third kappa shape index (κ3) is 6.01. The molecule has 1 aromatic heterocycles. The number of esters is 1. The molecule has 3 aromatic rings. The average molecular weight is 458 g/mol. The third-order valence-corrected chi connectivity index (χ3v) is 5.54. The number of nitrogens with one attached hydrogen (secondary N) is 1. The Morgan fingerprint density at radius 2 is 1.85 bits per heavy atom. The monoisotopic (exact) mass is 457 g/mol. The van der Waals surface area contributed by atoms with Gasteiger partial charge in [0, 0.05) is 25.4 Å². The molecule has 7 heteroatoms. The zero-order chi connectivity index (χ0) is 23.8. The fourth-order valence-corrected chi connectivity index (χ4v) is 3.78. The third-order valence-electron chi connectivity index (χ3n) is 5.54. The first kappa shape index (κ1) is 23.0. The van der Waals surface area contributed by atoms with Crippen LogP contribution in [-0.4, -0.2) is 37.1 Å². The molecule has 0 unspecified atom stereocenters. The minimum atomic E-state index is -0.440. The Labute approximate surface area is 199 Å². The highest BCUT2D eigenvalue weighted by Gasteiger charge is 2.18. The maximum absolute atomic E-state index is 12.7. The van der Waals surface area contributed by atoms with E-state index in [1.165, 1.54) is 13.2 Å². The molecular formula is C27H27N3O4. The Hall–Kier alpha value is -4.13. The van der Waals surface area contributed by atoms with E-state index in [-0.39, 0.29) is 5.91 Å². The smallest absolute Gasteiger partial charge is 0.337 e. The topological polar surface area (TPSA) is 80.8 Å². The van der Waals surface area contributed by atoms with Gasteiger partial charge < -0.3 is 19.7 Å². The molecule has 2 heterocycles. The van der Waals surface area contributed by atoms with E-state index in [2.05, 4.69) is 15.2 Å². The van der Waals surface area contributed by atoms with Crippen molar-refractivity contribution >= 4 is 29.3 Å². The van der Waals surface area contributed by atoms with Crippen molar-refractivity contribution in [1.82, 2.24) is 4.98 Å². The van der Waals surface area contributed by atoms with Crippen LogP contribution in [0.25, 0.3) is 6.08 Å². The molecule has 1 saturated heterocycles. The van der Waals surface area contributed by atoms with Crippen molar-refractivity contribution in [1.29, 1.82) is 0 Å². The summed E-state index contributed by atoms with van der Waals surface area (Å²) in [5.74, 6) is 0.00411. The normalized spacial score (nSPS) is 13.1. The van der Waals surface area contributed by atoms with E-state index >= 15 is 0 Å². The van der Waals surface area contributed by atoms with Gasteiger partial charge in [-0.25, -0.2) is 4.79 Å². The number of hydrogen-bond donors (Lipinski definition) is 1. The van der Waals surface area contributed by atoms with E-state index in [4.69, 9.17) is 9.47 Å². The predicted molar refractivity (Wildman–Crippen MR) is 132 cm³/mol. The second-order valence-electron chi connectivity index (χ2n) is 7.92. The number of carbonyl (C=O) groups excluding carboxylic acids is 2. The molecule has 0 bridgehead atoms. The first-order valence-corrected chi connectivity index (χ1v) is 11.2. The number of ether oxygens (including phenoxy) is 2. The summed E-state index contributed by atoms with van der Waals surface area (Å²) in [6, 6.07) is 18.4. The summed E-state index contributed by atoms with van der Waals surface area (Å²) in [6.45, 7) is 2.23. The number of rotatable bonds is 8. The van der Waals surface area contributed by atoms with Gasteiger partial charge in [-0.15, -0.1) is 0 Å². The SMILES string of the molecule is COC(=O)c1ccc(N2CCCC2)c(NC(=O)/C=C/c2ccc(OCc3ccccn3)cc2)c1. The van der Waals surface area contributed by atoms with Crippen LogP contribution in [0.1, 0.15) is 34.5 Å². The number of amides is 1. The molecule has 1 fully saturated rings. The van der Waals surface area contributed by atoms with Crippen molar-refractivity contribution < 1.29 is 19.1 Å². The number of hydrogen-bond acceptors (Lipinski definition) is 6. The Balaban J connectivity index is 1.40. The molecular weight excluding hydrogens is 430 g/mol. The van der Waals surface area contributed by atoms with Gasteiger partial charge in [0.25, 0.3) is 0 Å². The minimum Gasteiger partial charge on any atom is -0.487 e. The molecule has 1 N–H and O–H groups in total. The van der Waals surface area contributed by atoms with Crippen LogP contribution in [0, 0.1) is 0 Å². The van der Waals surface area contributed by atoms with Crippen molar-refractivity contribution in [2.75, 3.05) is 30.4 Å². The molecule has 4 rings (SSSR count). The number of pyridine rings is 1. The Kier molecular flexibility index (Phi) is 7.55. The fourth-order valence-electron chi connectivity index (χ4n) is 3.78. The molecule has 0 atom stereocenters. The first-order chi connectivity index (χ1) is 16.6. The molecule has 34 heavy (non-hydrogen) atoms. The molecule has 1 aliphatic heterocycles. The van der Waals surface area contributed by atoms with Gasteiger partial charge in [0.05, 0.1) is 29.7 Å². The van der Waals surface area contributed by atoms with E-state index in [0.717, 1.165) is 48.6 Å². The Bertz CT molecular complexity index is 1150. The average Bonchev–Trinajstić information content (AvgIpc) is 3.42. The molecule has 0 radical (unpaired) electrons.